The third-order valence-corrected chi connectivity index (χ3v) is 4.69. The number of carboxylic acids is 1. The van der Waals surface area contributed by atoms with Crippen molar-refractivity contribution in [2.45, 2.75) is 30.7 Å². The summed E-state index contributed by atoms with van der Waals surface area (Å²) in [5, 5.41) is 38.3. The van der Waals surface area contributed by atoms with Gasteiger partial charge >= 0.3 is 17.1 Å². The lowest BCUT2D eigenvalue weighted by Gasteiger charge is -2.38. The maximum atomic E-state index is 11.6. The molecule has 2 heterocycles. The van der Waals surface area contributed by atoms with Gasteiger partial charge in [-0.15, -0.1) is 0 Å². The largest absolute Gasteiger partial charge is 0.479 e. The van der Waals surface area contributed by atoms with Gasteiger partial charge in [-0.3, -0.25) is 9.59 Å². The molecule has 6 N–H and O–H groups in total. The number of aliphatic carboxylic acids is 1. The van der Waals surface area contributed by atoms with Crippen molar-refractivity contribution in [3.63, 3.8) is 0 Å². The van der Waals surface area contributed by atoms with E-state index in [1.54, 1.807) is 0 Å². The minimum absolute atomic E-state index is 0.0321. The number of hydrogen-bond donors (Lipinski definition) is 6. The number of carboxylic acid groups (broad SMARTS) is 1. The van der Waals surface area contributed by atoms with Crippen LogP contribution in [0.15, 0.2) is 15.7 Å². The monoisotopic (exact) mass is 422 g/mol. The molecular formula is C14H12Cl2N2O9. The average Bonchev–Trinajstić information content (AvgIpc) is 2.60. The molecule has 5 atom stereocenters. The van der Waals surface area contributed by atoms with Crippen LogP contribution in [-0.4, -0.2) is 67.1 Å². The third kappa shape index (κ3) is 3.40. The highest BCUT2D eigenvalue weighted by atomic mass is 35.5. The van der Waals surface area contributed by atoms with Gasteiger partial charge in [0.2, 0.25) is 6.29 Å². The van der Waals surface area contributed by atoms with Gasteiger partial charge in [0.1, 0.15) is 28.9 Å². The number of halogens is 2. The zero-order valence-corrected chi connectivity index (χ0v) is 14.6. The van der Waals surface area contributed by atoms with Gasteiger partial charge in [-0.25, -0.2) is 4.79 Å². The van der Waals surface area contributed by atoms with E-state index in [4.69, 9.17) is 37.8 Å². The molecule has 1 aliphatic rings. The third-order valence-electron chi connectivity index (χ3n) is 3.92. The molecule has 0 radical (unpaired) electrons. The van der Waals surface area contributed by atoms with Gasteiger partial charge in [0.15, 0.2) is 11.9 Å². The number of aliphatic hydroxyl groups is 3. The van der Waals surface area contributed by atoms with Gasteiger partial charge in [-0.05, 0) is 6.07 Å². The van der Waals surface area contributed by atoms with Crippen LogP contribution in [0.4, 0.5) is 0 Å². The SMILES string of the molecule is O=C(O)C1OC(Oc2c(Cl)c(Cl)cc3[nH]c(=O)c(=O)[nH]c23)C(O)C(O)C1O. The highest BCUT2D eigenvalue weighted by molar-refractivity contribution is 6.44. The van der Waals surface area contributed by atoms with Crippen molar-refractivity contribution in [3.8, 4) is 5.75 Å². The molecule has 1 fully saturated rings. The number of fused-ring (bicyclic) bond motifs is 1. The highest BCUT2D eigenvalue weighted by Crippen LogP contribution is 2.38. The van der Waals surface area contributed by atoms with E-state index in [9.17, 15) is 29.7 Å². The highest BCUT2D eigenvalue weighted by Gasteiger charge is 2.48. The molecule has 1 saturated heterocycles. The van der Waals surface area contributed by atoms with Crippen molar-refractivity contribution in [3.05, 3.63) is 36.8 Å². The van der Waals surface area contributed by atoms with Gasteiger partial charge in [0, 0.05) is 0 Å². The van der Waals surface area contributed by atoms with Crippen LogP contribution < -0.4 is 15.9 Å². The minimum atomic E-state index is -1.92. The number of nitrogens with one attached hydrogen (secondary N) is 2. The first-order valence-electron chi connectivity index (χ1n) is 7.35. The molecule has 3 rings (SSSR count). The summed E-state index contributed by atoms with van der Waals surface area (Å²) in [6.07, 6.45) is -9.39. The Hall–Kier alpha value is -2.15. The van der Waals surface area contributed by atoms with Crippen LogP contribution in [-0.2, 0) is 9.53 Å². The molecule has 0 amide bonds. The van der Waals surface area contributed by atoms with Crippen LogP contribution in [0.2, 0.25) is 10.0 Å². The lowest BCUT2D eigenvalue weighted by atomic mass is 9.99. The van der Waals surface area contributed by atoms with E-state index >= 15 is 0 Å². The lowest BCUT2D eigenvalue weighted by molar-refractivity contribution is -0.270. The average molecular weight is 423 g/mol. The Labute approximate surface area is 158 Å². The molecular weight excluding hydrogens is 411 g/mol. The molecule has 2 aromatic rings. The van der Waals surface area contributed by atoms with Crippen LogP contribution in [0.1, 0.15) is 0 Å². The summed E-state index contributed by atoms with van der Waals surface area (Å²) in [5.74, 6) is -1.95. The van der Waals surface area contributed by atoms with Crippen molar-refractivity contribution < 1.29 is 34.7 Å². The van der Waals surface area contributed by atoms with Gasteiger partial charge in [-0.1, -0.05) is 23.2 Å². The van der Waals surface area contributed by atoms with Crippen LogP contribution in [0.3, 0.4) is 0 Å². The standard InChI is InChI=1S/C14H12Cl2N2O9/c15-2-1-3-5(18-12(23)11(22)17-3)9(4(2)16)26-14-8(21)6(19)7(20)10(27-14)13(24)25/h1,6-8,10,14,19-21H,(H,17,22)(H,18,23)(H,24,25). The topological polar surface area (TPSA) is 182 Å². The van der Waals surface area contributed by atoms with Crippen molar-refractivity contribution in [2.24, 2.45) is 0 Å². The number of aliphatic hydroxyl groups excluding tert-OH is 3. The smallest absolute Gasteiger partial charge is 0.335 e. The van der Waals surface area contributed by atoms with Gasteiger partial charge in [0.05, 0.1) is 10.5 Å². The molecule has 0 spiro atoms. The number of ether oxygens (including phenoxy) is 2. The Morgan fingerprint density at radius 3 is 2.33 bits per heavy atom. The molecule has 5 unspecified atom stereocenters. The van der Waals surface area contributed by atoms with Crippen LogP contribution in [0.5, 0.6) is 5.75 Å². The van der Waals surface area contributed by atoms with E-state index in [-0.39, 0.29) is 26.8 Å². The Balaban J connectivity index is 2.09. The fourth-order valence-electron chi connectivity index (χ4n) is 2.55. The molecule has 146 valence electrons. The number of aromatic amines is 2. The first-order valence-corrected chi connectivity index (χ1v) is 8.11. The fraction of sp³-hybridized carbons (Fsp3) is 0.357. The maximum absolute atomic E-state index is 11.6. The Bertz CT molecular complexity index is 1020. The number of rotatable bonds is 3. The number of carbonyl (C=O) groups is 1. The molecule has 11 nitrogen and oxygen atoms in total. The van der Waals surface area contributed by atoms with Crippen molar-refractivity contribution in [1.29, 1.82) is 0 Å². The van der Waals surface area contributed by atoms with Crippen molar-refractivity contribution in [2.75, 3.05) is 0 Å². The minimum Gasteiger partial charge on any atom is -0.479 e. The summed E-state index contributed by atoms with van der Waals surface area (Å²) in [7, 11) is 0. The van der Waals surface area contributed by atoms with Crippen LogP contribution >= 0.6 is 23.2 Å². The van der Waals surface area contributed by atoms with E-state index < -0.39 is 47.8 Å². The summed E-state index contributed by atoms with van der Waals surface area (Å²) >= 11 is 12.0. The molecule has 0 bridgehead atoms. The number of aromatic nitrogens is 2. The van der Waals surface area contributed by atoms with Gasteiger partial charge in [0.25, 0.3) is 0 Å². The second-order valence-electron chi connectivity index (χ2n) is 5.69. The van der Waals surface area contributed by atoms with E-state index in [0.717, 1.165) is 0 Å². The van der Waals surface area contributed by atoms with Gasteiger partial charge < -0.3 is 39.9 Å². The predicted molar refractivity (Wildman–Crippen MR) is 90.2 cm³/mol. The van der Waals surface area contributed by atoms with Crippen LogP contribution in [0.25, 0.3) is 11.0 Å². The number of benzene rings is 1. The zero-order chi connectivity index (χ0) is 20.0. The zero-order valence-electron chi connectivity index (χ0n) is 13.1. The fourth-order valence-corrected chi connectivity index (χ4v) is 2.94. The van der Waals surface area contributed by atoms with E-state index in [2.05, 4.69) is 9.97 Å². The first-order chi connectivity index (χ1) is 12.6. The number of hydrogen-bond acceptors (Lipinski definition) is 8. The van der Waals surface area contributed by atoms with E-state index in [1.807, 2.05) is 0 Å². The summed E-state index contributed by atoms with van der Waals surface area (Å²) in [5.41, 5.74) is -2.08. The predicted octanol–water partition coefficient (Wildman–Crippen LogP) is -1.21. The molecule has 1 aromatic carbocycles. The maximum Gasteiger partial charge on any atom is 0.335 e. The summed E-state index contributed by atoms with van der Waals surface area (Å²) in [6.45, 7) is 0. The van der Waals surface area contributed by atoms with Crippen LogP contribution in [0, 0.1) is 0 Å². The quantitative estimate of drug-likeness (QED) is 0.330. The molecule has 0 saturated carbocycles. The molecule has 27 heavy (non-hydrogen) atoms. The normalized spacial score (nSPS) is 28.3. The van der Waals surface area contributed by atoms with E-state index in [1.165, 1.54) is 6.07 Å². The molecule has 0 aliphatic carbocycles. The second kappa shape index (κ2) is 7.11. The summed E-state index contributed by atoms with van der Waals surface area (Å²) < 4.78 is 10.4. The van der Waals surface area contributed by atoms with Crippen molar-refractivity contribution >= 4 is 40.2 Å². The van der Waals surface area contributed by atoms with Gasteiger partial charge in [-0.2, -0.15) is 0 Å². The lowest BCUT2D eigenvalue weighted by Crippen LogP contribution is -2.61. The summed E-state index contributed by atoms with van der Waals surface area (Å²) in [4.78, 5) is 38.7. The Kier molecular flexibility index (Phi) is 5.16. The first kappa shape index (κ1) is 19.6. The molecule has 1 aromatic heterocycles. The Morgan fingerprint density at radius 2 is 1.70 bits per heavy atom. The summed E-state index contributed by atoms with van der Waals surface area (Å²) in [6, 6.07) is 1.24. The van der Waals surface area contributed by atoms with Crippen molar-refractivity contribution in [1.82, 2.24) is 9.97 Å². The second-order valence-corrected chi connectivity index (χ2v) is 6.47. The molecule has 13 heteroatoms. The Morgan fingerprint density at radius 1 is 1.07 bits per heavy atom. The van der Waals surface area contributed by atoms with E-state index in [0.29, 0.717) is 0 Å². The number of H-pyrrole nitrogens is 2. The molecule has 1 aliphatic heterocycles.